The Kier molecular flexibility index (Phi) is 11.4. The molecule has 0 aromatic heterocycles. The lowest BCUT2D eigenvalue weighted by molar-refractivity contribution is -0.121. The summed E-state index contributed by atoms with van der Waals surface area (Å²) in [6.45, 7) is 6.46. The van der Waals surface area contributed by atoms with Crippen LogP contribution in [0.2, 0.25) is 0 Å². The molecule has 0 spiro atoms. The van der Waals surface area contributed by atoms with Gasteiger partial charge >= 0.3 is 0 Å². The molecule has 1 atom stereocenters. The number of methoxy groups -OCH3 is 1. The zero-order valence-corrected chi connectivity index (χ0v) is 21.2. The van der Waals surface area contributed by atoms with E-state index in [-0.39, 0.29) is 35.9 Å². The third-order valence-electron chi connectivity index (χ3n) is 5.66. The Morgan fingerprint density at radius 1 is 1.23 bits per heavy atom. The molecule has 1 aromatic rings. The van der Waals surface area contributed by atoms with Crippen molar-refractivity contribution >= 4 is 35.8 Å². The number of halogens is 1. The number of ether oxygens (including phenoxy) is 1. The number of para-hydroxylation sites is 1. The molecule has 8 heteroatoms. The largest absolute Gasteiger partial charge is 0.496 e. The van der Waals surface area contributed by atoms with E-state index in [2.05, 4.69) is 39.9 Å². The molecular weight excluding hydrogens is 505 g/mol. The highest BCUT2D eigenvalue weighted by molar-refractivity contribution is 14.0. The van der Waals surface area contributed by atoms with Crippen LogP contribution in [0.3, 0.4) is 0 Å². The van der Waals surface area contributed by atoms with Crippen LogP contribution in [0.4, 0.5) is 0 Å². The van der Waals surface area contributed by atoms with Crippen molar-refractivity contribution in [3.05, 3.63) is 29.8 Å². The molecular formula is C23H38IN5O2. The molecule has 1 aliphatic carbocycles. The first kappa shape index (κ1) is 25.7. The lowest BCUT2D eigenvalue weighted by Gasteiger charge is -2.28. The van der Waals surface area contributed by atoms with E-state index in [0.717, 1.165) is 57.2 Å². The Hall–Kier alpha value is -1.55. The smallest absolute Gasteiger partial charge is 0.220 e. The maximum atomic E-state index is 11.8. The predicted octanol–water partition coefficient (Wildman–Crippen LogP) is 3.06. The van der Waals surface area contributed by atoms with Gasteiger partial charge in [0.05, 0.1) is 19.7 Å². The summed E-state index contributed by atoms with van der Waals surface area (Å²) in [4.78, 5) is 19.2. The van der Waals surface area contributed by atoms with Gasteiger partial charge in [-0.15, -0.1) is 24.0 Å². The van der Waals surface area contributed by atoms with Gasteiger partial charge in [0.2, 0.25) is 5.91 Å². The van der Waals surface area contributed by atoms with Crippen LogP contribution in [-0.4, -0.2) is 62.6 Å². The zero-order valence-electron chi connectivity index (χ0n) is 18.9. The minimum Gasteiger partial charge on any atom is -0.496 e. The number of nitrogens with zero attached hydrogens (tertiary/aromatic N) is 2. The fourth-order valence-electron chi connectivity index (χ4n) is 3.91. The van der Waals surface area contributed by atoms with Crippen LogP contribution in [-0.2, 0) is 4.79 Å². The highest BCUT2D eigenvalue weighted by atomic mass is 127. The number of nitrogens with one attached hydrogen (secondary N) is 3. The van der Waals surface area contributed by atoms with E-state index in [1.807, 2.05) is 12.1 Å². The van der Waals surface area contributed by atoms with Gasteiger partial charge in [-0.05, 0) is 58.2 Å². The van der Waals surface area contributed by atoms with Crippen LogP contribution in [0, 0.1) is 0 Å². The van der Waals surface area contributed by atoms with Crippen molar-refractivity contribution in [2.75, 3.05) is 39.8 Å². The number of carbonyl (C=O) groups excluding carboxylic acids is 1. The second-order valence-corrected chi connectivity index (χ2v) is 8.09. The maximum Gasteiger partial charge on any atom is 0.220 e. The average molecular weight is 543 g/mol. The van der Waals surface area contributed by atoms with Crippen molar-refractivity contribution in [3.63, 3.8) is 0 Å². The summed E-state index contributed by atoms with van der Waals surface area (Å²) in [5.74, 6) is 1.88. The quantitative estimate of drug-likeness (QED) is 0.173. The molecule has 3 rings (SSSR count). The molecule has 2 fully saturated rings. The summed E-state index contributed by atoms with van der Waals surface area (Å²) in [6.07, 6.45) is 6.08. The Balaban J connectivity index is 0.00000341. The van der Waals surface area contributed by atoms with Gasteiger partial charge in [-0.3, -0.25) is 14.7 Å². The molecule has 1 aliphatic heterocycles. The van der Waals surface area contributed by atoms with Crippen LogP contribution in [0.25, 0.3) is 0 Å². The van der Waals surface area contributed by atoms with Gasteiger partial charge in [-0.25, -0.2) is 0 Å². The third kappa shape index (κ3) is 8.48. The molecule has 31 heavy (non-hydrogen) atoms. The second kappa shape index (κ2) is 13.8. The molecule has 3 N–H and O–H groups in total. The first-order chi connectivity index (χ1) is 14.7. The molecule has 7 nitrogen and oxygen atoms in total. The summed E-state index contributed by atoms with van der Waals surface area (Å²) >= 11 is 0. The van der Waals surface area contributed by atoms with Gasteiger partial charge in [-0.1, -0.05) is 18.2 Å². The van der Waals surface area contributed by atoms with E-state index in [4.69, 9.17) is 9.73 Å². The summed E-state index contributed by atoms with van der Waals surface area (Å²) in [5, 5.41) is 9.75. The first-order valence-corrected chi connectivity index (χ1v) is 11.4. The van der Waals surface area contributed by atoms with Crippen molar-refractivity contribution in [3.8, 4) is 5.75 Å². The number of hydrogen-bond acceptors (Lipinski definition) is 4. The highest BCUT2D eigenvalue weighted by Crippen LogP contribution is 2.31. The minimum absolute atomic E-state index is 0. The predicted molar refractivity (Wildman–Crippen MR) is 136 cm³/mol. The van der Waals surface area contributed by atoms with Crippen LogP contribution in [0.5, 0.6) is 5.75 Å². The topological polar surface area (TPSA) is 78.0 Å². The van der Waals surface area contributed by atoms with Crippen LogP contribution in [0.15, 0.2) is 29.3 Å². The fraction of sp³-hybridized carbons (Fsp3) is 0.652. The average Bonchev–Trinajstić information content (AvgIpc) is 3.40. The number of guanidine groups is 1. The van der Waals surface area contributed by atoms with Gasteiger partial charge < -0.3 is 20.7 Å². The summed E-state index contributed by atoms with van der Waals surface area (Å²) in [6, 6.07) is 8.89. The van der Waals surface area contributed by atoms with E-state index in [9.17, 15) is 4.79 Å². The van der Waals surface area contributed by atoms with Crippen molar-refractivity contribution < 1.29 is 9.53 Å². The number of carbonyl (C=O) groups is 1. The molecule has 1 unspecified atom stereocenters. The minimum atomic E-state index is 0. The van der Waals surface area contributed by atoms with Crippen LogP contribution < -0.4 is 20.7 Å². The van der Waals surface area contributed by atoms with Gasteiger partial charge in [0, 0.05) is 31.1 Å². The number of likely N-dealkylation sites (tertiary alicyclic amines) is 1. The molecule has 0 bridgehead atoms. The van der Waals surface area contributed by atoms with Gasteiger partial charge in [0.1, 0.15) is 5.75 Å². The Morgan fingerprint density at radius 2 is 1.97 bits per heavy atom. The molecule has 1 saturated heterocycles. The molecule has 2 aliphatic rings. The lowest BCUT2D eigenvalue weighted by Crippen LogP contribution is -2.39. The van der Waals surface area contributed by atoms with E-state index in [0.29, 0.717) is 19.0 Å². The zero-order chi connectivity index (χ0) is 21.2. The summed E-state index contributed by atoms with van der Waals surface area (Å²) in [7, 11) is 1.73. The monoisotopic (exact) mass is 543 g/mol. The van der Waals surface area contributed by atoms with Crippen molar-refractivity contribution in [2.24, 2.45) is 4.99 Å². The van der Waals surface area contributed by atoms with Crippen molar-refractivity contribution in [1.29, 1.82) is 0 Å². The third-order valence-corrected chi connectivity index (χ3v) is 5.66. The Labute approximate surface area is 203 Å². The molecule has 174 valence electrons. The standard InChI is InChI=1S/C23H37N5O2.HI/c1-3-24-23(25-14-8-11-22(29)27-18-12-13-18)26-17-20(28-15-6-7-16-28)19-9-4-5-10-21(19)30-2;/h4-5,9-10,18,20H,3,6-8,11-17H2,1-2H3,(H,27,29)(H2,24,25,26);1H. The fourth-order valence-corrected chi connectivity index (χ4v) is 3.91. The van der Waals surface area contributed by atoms with E-state index < -0.39 is 0 Å². The van der Waals surface area contributed by atoms with Crippen LogP contribution >= 0.6 is 24.0 Å². The summed E-state index contributed by atoms with van der Waals surface area (Å²) < 4.78 is 5.63. The number of rotatable bonds is 11. The number of amides is 1. The van der Waals surface area contributed by atoms with E-state index in [1.54, 1.807) is 7.11 Å². The summed E-state index contributed by atoms with van der Waals surface area (Å²) in [5.41, 5.74) is 1.19. The van der Waals surface area contributed by atoms with Crippen LogP contribution in [0.1, 0.15) is 57.1 Å². The maximum absolute atomic E-state index is 11.8. The number of hydrogen-bond donors (Lipinski definition) is 3. The Morgan fingerprint density at radius 3 is 2.65 bits per heavy atom. The van der Waals surface area contributed by atoms with Crippen molar-refractivity contribution in [2.45, 2.75) is 57.5 Å². The molecule has 0 radical (unpaired) electrons. The second-order valence-electron chi connectivity index (χ2n) is 8.09. The molecule has 1 heterocycles. The van der Waals surface area contributed by atoms with Crippen molar-refractivity contribution in [1.82, 2.24) is 20.9 Å². The van der Waals surface area contributed by atoms with Gasteiger partial charge in [0.25, 0.3) is 0 Å². The first-order valence-electron chi connectivity index (χ1n) is 11.4. The van der Waals surface area contributed by atoms with E-state index in [1.165, 1.54) is 18.4 Å². The molecule has 1 aromatic carbocycles. The number of aliphatic imine (C=N–C) groups is 1. The highest BCUT2D eigenvalue weighted by Gasteiger charge is 2.26. The lowest BCUT2D eigenvalue weighted by atomic mass is 10.0. The van der Waals surface area contributed by atoms with Gasteiger partial charge in [-0.2, -0.15) is 0 Å². The number of benzene rings is 1. The molecule has 1 amide bonds. The molecule has 1 saturated carbocycles. The SMILES string of the molecule is CCNC(=NCC(c1ccccc1OC)N1CCCC1)NCCCC(=O)NC1CC1.I. The van der Waals surface area contributed by atoms with E-state index >= 15 is 0 Å². The van der Waals surface area contributed by atoms with Gasteiger partial charge in [0.15, 0.2) is 5.96 Å². The Bertz CT molecular complexity index is 705. The normalized spacial score (nSPS) is 17.5.